The average Bonchev–Trinajstić information content (AvgIpc) is 2.35. The smallest absolute Gasteiger partial charge is 0.125 e. The van der Waals surface area contributed by atoms with Crippen LogP contribution in [0.2, 0.25) is 0 Å². The zero-order chi connectivity index (χ0) is 12.3. The molecule has 0 radical (unpaired) electrons. The van der Waals surface area contributed by atoms with E-state index in [0.717, 1.165) is 12.4 Å². The van der Waals surface area contributed by atoms with Crippen LogP contribution in [-0.2, 0) is 6.54 Å². The van der Waals surface area contributed by atoms with Crippen LogP contribution in [0.3, 0.4) is 0 Å². The van der Waals surface area contributed by atoms with Crippen LogP contribution in [0, 0.1) is 0 Å². The standard InChI is InChI=1S/C14H23N3/c1-11-5-4-6-12(2)17(11)10-13-7-8-14(15-3)16-9-13/h7-9,11-12H,4-6,10H2,1-3H3,(H,15,16)/t11-,12+. The number of hydrogen-bond donors (Lipinski definition) is 1. The van der Waals surface area contributed by atoms with E-state index in [9.17, 15) is 0 Å². The predicted octanol–water partition coefficient (Wildman–Crippen LogP) is 2.89. The van der Waals surface area contributed by atoms with Crippen molar-refractivity contribution in [1.29, 1.82) is 0 Å². The van der Waals surface area contributed by atoms with Crippen LogP contribution >= 0.6 is 0 Å². The topological polar surface area (TPSA) is 28.2 Å². The maximum Gasteiger partial charge on any atom is 0.125 e. The van der Waals surface area contributed by atoms with Gasteiger partial charge in [0.1, 0.15) is 5.82 Å². The molecule has 0 saturated carbocycles. The molecule has 0 aromatic carbocycles. The van der Waals surface area contributed by atoms with E-state index in [1.165, 1.54) is 24.8 Å². The first-order chi connectivity index (χ1) is 8.20. The number of nitrogens with one attached hydrogen (secondary N) is 1. The zero-order valence-corrected chi connectivity index (χ0v) is 11.1. The molecule has 3 heteroatoms. The largest absolute Gasteiger partial charge is 0.373 e. The molecule has 0 amide bonds. The summed E-state index contributed by atoms with van der Waals surface area (Å²) in [5.41, 5.74) is 1.31. The van der Waals surface area contributed by atoms with Gasteiger partial charge in [0.05, 0.1) is 0 Å². The lowest BCUT2D eigenvalue weighted by Crippen LogP contribution is -2.42. The van der Waals surface area contributed by atoms with Gasteiger partial charge in [-0.2, -0.15) is 0 Å². The Morgan fingerprint density at radius 1 is 1.29 bits per heavy atom. The molecule has 1 saturated heterocycles. The van der Waals surface area contributed by atoms with E-state index in [2.05, 4.69) is 41.2 Å². The van der Waals surface area contributed by atoms with Gasteiger partial charge in [-0.3, -0.25) is 4.90 Å². The number of aromatic nitrogens is 1. The SMILES string of the molecule is CNc1ccc(CN2[C@H](C)CCC[C@@H]2C)cn1. The van der Waals surface area contributed by atoms with Crippen molar-refractivity contribution in [2.24, 2.45) is 0 Å². The summed E-state index contributed by atoms with van der Waals surface area (Å²) < 4.78 is 0. The van der Waals surface area contributed by atoms with Crippen molar-refractivity contribution < 1.29 is 0 Å². The minimum atomic E-state index is 0.697. The molecule has 2 atom stereocenters. The van der Waals surface area contributed by atoms with Crippen LogP contribution < -0.4 is 5.32 Å². The summed E-state index contributed by atoms with van der Waals surface area (Å²) in [5, 5.41) is 3.05. The van der Waals surface area contributed by atoms with Crippen molar-refractivity contribution in [2.75, 3.05) is 12.4 Å². The first-order valence-corrected chi connectivity index (χ1v) is 6.59. The summed E-state index contributed by atoms with van der Waals surface area (Å²) in [6.45, 7) is 5.70. The zero-order valence-electron chi connectivity index (χ0n) is 11.1. The van der Waals surface area contributed by atoms with Crippen molar-refractivity contribution in [1.82, 2.24) is 9.88 Å². The van der Waals surface area contributed by atoms with E-state index >= 15 is 0 Å². The Morgan fingerprint density at radius 2 is 2.00 bits per heavy atom. The summed E-state index contributed by atoms with van der Waals surface area (Å²) >= 11 is 0. The molecular weight excluding hydrogens is 210 g/mol. The Hall–Kier alpha value is -1.09. The van der Waals surface area contributed by atoms with Gasteiger partial charge >= 0.3 is 0 Å². The quantitative estimate of drug-likeness (QED) is 0.870. The Bertz CT molecular complexity index is 337. The average molecular weight is 233 g/mol. The molecule has 0 aliphatic carbocycles. The summed E-state index contributed by atoms with van der Waals surface area (Å²) in [5.74, 6) is 0.938. The molecule has 1 N–H and O–H groups in total. The molecule has 0 unspecified atom stereocenters. The molecule has 1 aromatic heterocycles. The number of piperidine rings is 1. The second-order valence-corrected chi connectivity index (χ2v) is 5.10. The normalized spacial score (nSPS) is 25.8. The number of anilines is 1. The van der Waals surface area contributed by atoms with Gasteiger partial charge in [0.25, 0.3) is 0 Å². The molecule has 1 fully saturated rings. The molecule has 0 bridgehead atoms. The van der Waals surface area contributed by atoms with E-state index < -0.39 is 0 Å². The van der Waals surface area contributed by atoms with Gasteiger partial charge in [-0.1, -0.05) is 12.5 Å². The summed E-state index contributed by atoms with van der Waals surface area (Å²) in [6.07, 6.45) is 6.01. The Morgan fingerprint density at radius 3 is 2.53 bits per heavy atom. The molecule has 94 valence electrons. The number of nitrogens with zero attached hydrogens (tertiary/aromatic N) is 2. The molecule has 1 aromatic rings. The highest BCUT2D eigenvalue weighted by Gasteiger charge is 2.24. The minimum Gasteiger partial charge on any atom is -0.373 e. The van der Waals surface area contributed by atoms with Crippen LogP contribution in [0.15, 0.2) is 18.3 Å². The number of hydrogen-bond acceptors (Lipinski definition) is 3. The maximum atomic E-state index is 4.37. The van der Waals surface area contributed by atoms with Crippen LogP contribution in [0.4, 0.5) is 5.82 Å². The third-order valence-electron chi connectivity index (χ3n) is 3.82. The first-order valence-electron chi connectivity index (χ1n) is 6.59. The molecule has 0 spiro atoms. The van der Waals surface area contributed by atoms with Crippen LogP contribution in [0.5, 0.6) is 0 Å². The Balaban J connectivity index is 2.03. The highest BCUT2D eigenvalue weighted by molar-refractivity contribution is 5.34. The molecule has 2 rings (SSSR count). The molecular formula is C14H23N3. The molecule has 17 heavy (non-hydrogen) atoms. The fourth-order valence-corrected chi connectivity index (χ4v) is 2.66. The number of rotatable bonds is 3. The van der Waals surface area contributed by atoms with Gasteiger partial charge in [-0.15, -0.1) is 0 Å². The lowest BCUT2D eigenvalue weighted by Gasteiger charge is -2.39. The number of likely N-dealkylation sites (tertiary alicyclic amines) is 1. The van der Waals surface area contributed by atoms with E-state index in [1.54, 1.807) is 0 Å². The monoisotopic (exact) mass is 233 g/mol. The van der Waals surface area contributed by atoms with Crippen LogP contribution in [0.1, 0.15) is 38.7 Å². The van der Waals surface area contributed by atoms with Crippen molar-refractivity contribution in [2.45, 2.75) is 51.7 Å². The second-order valence-electron chi connectivity index (χ2n) is 5.10. The lowest BCUT2D eigenvalue weighted by atomic mass is 9.97. The van der Waals surface area contributed by atoms with Crippen molar-refractivity contribution >= 4 is 5.82 Å². The van der Waals surface area contributed by atoms with Crippen molar-refractivity contribution in [3.63, 3.8) is 0 Å². The third kappa shape index (κ3) is 2.97. The Labute approximate surface area is 104 Å². The van der Waals surface area contributed by atoms with Crippen LogP contribution in [0.25, 0.3) is 0 Å². The van der Waals surface area contributed by atoms with Crippen molar-refractivity contribution in [3.8, 4) is 0 Å². The second kappa shape index (κ2) is 5.50. The Kier molecular flexibility index (Phi) is 4.00. The molecule has 2 heterocycles. The fourth-order valence-electron chi connectivity index (χ4n) is 2.66. The van der Waals surface area contributed by atoms with E-state index in [1.807, 2.05) is 13.2 Å². The van der Waals surface area contributed by atoms with Gasteiger partial charge in [0, 0.05) is 31.9 Å². The first kappa shape index (κ1) is 12.4. The number of pyridine rings is 1. The van der Waals surface area contributed by atoms with E-state index in [-0.39, 0.29) is 0 Å². The molecule has 3 nitrogen and oxygen atoms in total. The van der Waals surface area contributed by atoms with Gasteiger partial charge in [-0.05, 0) is 38.3 Å². The predicted molar refractivity (Wildman–Crippen MR) is 72.1 cm³/mol. The van der Waals surface area contributed by atoms with E-state index in [0.29, 0.717) is 12.1 Å². The highest BCUT2D eigenvalue weighted by Crippen LogP contribution is 2.24. The van der Waals surface area contributed by atoms with Gasteiger partial charge in [-0.25, -0.2) is 4.98 Å². The van der Waals surface area contributed by atoms with Gasteiger partial charge in [0.15, 0.2) is 0 Å². The van der Waals surface area contributed by atoms with Crippen molar-refractivity contribution in [3.05, 3.63) is 23.9 Å². The molecule has 1 aliphatic heterocycles. The van der Waals surface area contributed by atoms with Crippen LogP contribution in [-0.4, -0.2) is 29.0 Å². The lowest BCUT2D eigenvalue weighted by molar-refractivity contribution is 0.0952. The summed E-state index contributed by atoms with van der Waals surface area (Å²) in [4.78, 5) is 6.97. The fraction of sp³-hybridized carbons (Fsp3) is 0.643. The third-order valence-corrected chi connectivity index (χ3v) is 3.82. The minimum absolute atomic E-state index is 0.697. The molecule has 1 aliphatic rings. The maximum absolute atomic E-state index is 4.37. The summed E-state index contributed by atoms with van der Waals surface area (Å²) in [6, 6.07) is 5.62. The summed E-state index contributed by atoms with van der Waals surface area (Å²) in [7, 11) is 1.90. The van der Waals surface area contributed by atoms with Gasteiger partial charge in [0.2, 0.25) is 0 Å². The van der Waals surface area contributed by atoms with E-state index in [4.69, 9.17) is 0 Å². The highest BCUT2D eigenvalue weighted by atomic mass is 15.2. The van der Waals surface area contributed by atoms with Gasteiger partial charge < -0.3 is 5.32 Å².